The largest absolute Gasteiger partial charge is 0.508 e. The summed E-state index contributed by atoms with van der Waals surface area (Å²) in [4.78, 5) is 0.194. The van der Waals surface area contributed by atoms with Gasteiger partial charge in [-0.25, -0.2) is 12.7 Å². The van der Waals surface area contributed by atoms with Crippen molar-refractivity contribution in [2.24, 2.45) is 0 Å². The van der Waals surface area contributed by atoms with Crippen LogP contribution in [0.1, 0.15) is 0 Å². The van der Waals surface area contributed by atoms with Crippen LogP contribution < -0.4 is 0 Å². The Morgan fingerprint density at radius 2 is 1.75 bits per heavy atom. The van der Waals surface area contributed by atoms with Crippen molar-refractivity contribution in [2.75, 3.05) is 14.1 Å². The third kappa shape index (κ3) is 2.95. The zero-order valence-electron chi connectivity index (χ0n) is 11.0. The van der Waals surface area contributed by atoms with Gasteiger partial charge in [0.1, 0.15) is 5.75 Å². The first-order chi connectivity index (χ1) is 9.30. The molecule has 20 heavy (non-hydrogen) atoms. The van der Waals surface area contributed by atoms with Crippen molar-refractivity contribution < 1.29 is 13.5 Å². The van der Waals surface area contributed by atoms with E-state index >= 15 is 0 Å². The number of rotatable bonds is 3. The van der Waals surface area contributed by atoms with Gasteiger partial charge in [-0.2, -0.15) is 0 Å². The minimum absolute atomic E-state index is 0.0355. The van der Waals surface area contributed by atoms with Gasteiger partial charge in [0.15, 0.2) is 0 Å². The molecule has 0 aromatic heterocycles. The van der Waals surface area contributed by atoms with Gasteiger partial charge in [0.05, 0.1) is 4.90 Å². The predicted molar refractivity (Wildman–Crippen MR) is 79.4 cm³/mol. The van der Waals surface area contributed by atoms with Gasteiger partial charge in [-0.1, -0.05) is 23.7 Å². The Hall–Kier alpha value is -1.56. The molecular formula is C14H14ClNO3S. The highest BCUT2D eigenvalue weighted by atomic mass is 35.5. The minimum Gasteiger partial charge on any atom is -0.508 e. The highest BCUT2D eigenvalue weighted by molar-refractivity contribution is 7.89. The van der Waals surface area contributed by atoms with Crippen LogP contribution in [0.3, 0.4) is 0 Å². The van der Waals surface area contributed by atoms with Crippen LogP contribution in [0.2, 0.25) is 5.02 Å². The van der Waals surface area contributed by atoms with Crippen LogP contribution in [0.4, 0.5) is 0 Å². The Bertz CT molecular complexity index is 722. The van der Waals surface area contributed by atoms with Crippen molar-refractivity contribution in [2.45, 2.75) is 4.90 Å². The molecule has 0 aliphatic heterocycles. The van der Waals surface area contributed by atoms with E-state index < -0.39 is 10.0 Å². The van der Waals surface area contributed by atoms with Gasteiger partial charge in [0.25, 0.3) is 0 Å². The van der Waals surface area contributed by atoms with E-state index in [-0.39, 0.29) is 10.6 Å². The fraction of sp³-hybridized carbons (Fsp3) is 0.143. The van der Waals surface area contributed by atoms with Gasteiger partial charge in [-0.15, -0.1) is 0 Å². The number of sulfonamides is 1. The van der Waals surface area contributed by atoms with Crippen LogP contribution >= 0.6 is 11.6 Å². The summed E-state index contributed by atoms with van der Waals surface area (Å²) in [5.74, 6) is 0.0355. The molecule has 0 aliphatic carbocycles. The van der Waals surface area contributed by atoms with Gasteiger partial charge in [0, 0.05) is 19.1 Å². The van der Waals surface area contributed by atoms with Crippen molar-refractivity contribution in [3.8, 4) is 16.9 Å². The zero-order valence-corrected chi connectivity index (χ0v) is 12.6. The summed E-state index contributed by atoms with van der Waals surface area (Å²) >= 11 is 5.89. The molecule has 4 nitrogen and oxygen atoms in total. The fourth-order valence-corrected chi connectivity index (χ4v) is 2.97. The lowest BCUT2D eigenvalue weighted by Crippen LogP contribution is -2.22. The fourth-order valence-electron chi connectivity index (χ4n) is 1.79. The number of phenols is 1. The minimum atomic E-state index is -3.49. The molecule has 0 spiro atoms. The van der Waals surface area contributed by atoms with Crippen LogP contribution in [0.25, 0.3) is 11.1 Å². The Kier molecular flexibility index (Phi) is 4.04. The maximum atomic E-state index is 12.1. The smallest absolute Gasteiger partial charge is 0.242 e. The molecule has 1 N–H and O–H groups in total. The Morgan fingerprint density at radius 3 is 2.35 bits per heavy atom. The summed E-state index contributed by atoms with van der Waals surface area (Å²) in [6, 6.07) is 11.1. The maximum absolute atomic E-state index is 12.1. The normalized spacial score (nSPS) is 11.8. The molecule has 106 valence electrons. The Labute approximate surface area is 123 Å². The van der Waals surface area contributed by atoms with Crippen LogP contribution in [0.5, 0.6) is 5.75 Å². The maximum Gasteiger partial charge on any atom is 0.242 e. The molecular weight excluding hydrogens is 298 g/mol. The summed E-state index contributed by atoms with van der Waals surface area (Å²) in [7, 11) is -0.531. The number of benzene rings is 2. The van der Waals surface area contributed by atoms with Crippen molar-refractivity contribution >= 4 is 21.6 Å². The van der Waals surface area contributed by atoms with Gasteiger partial charge < -0.3 is 5.11 Å². The average Bonchev–Trinajstić information content (AvgIpc) is 2.37. The number of hydrogen-bond donors (Lipinski definition) is 1. The van der Waals surface area contributed by atoms with E-state index in [1.807, 2.05) is 0 Å². The molecule has 0 radical (unpaired) electrons. The topological polar surface area (TPSA) is 57.6 Å². The highest BCUT2D eigenvalue weighted by Gasteiger charge is 2.17. The van der Waals surface area contributed by atoms with Crippen molar-refractivity contribution in [3.05, 3.63) is 47.5 Å². The molecule has 0 amide bonds. The molecule has 0 heterocycles. The quantitative estimate of drug-likeness (QED) is 0.948. The Balaban J connectivity index is 2.55. The van der Waals surface area contributed by atoms with E-state index in [2.05, 4.69) is 0 Å². The number of hydrogen-bond acceptors (Lipinski definition) is 3. The molecule has 0 unspecified atom stereocenters. The van der Waals surface area contributed by atoms with Crippen LogP contribution in [0.15, 0.2) is 47.4 Å². The second kappa shape index (κ2) is 5.44. The lowest BCUT2D eigenvalue weighted by molar-refractivity contribution is 0.475. The van der Waals surface area contributed by atoms with E-state index in [4.69, 9.17) is 11.6 Å². The summed E-state index contributed by atoms with van der Waals surface area (Å²) in [5.41, 5.74) is 1.33. The van der Waals surface area contributed by atoms with E-state index in [0.29, 0.717) is 16.1 Å². The number of aromatic hydroxyl groups is 1. The van der Waals surface area contributed by atoms with Crippen molar-refractivity contribution in [1.82, 2.24) is 4.31 Å². The first-order valence-corrected chi connectivity index (χ1v) is 7.65. The van der Waals surface area contributed by atoms with E-state index in [1.54, 1.807) is 24.3 Å². The average molecular weight is 312 g/mol. The second-order valence-corrected chi connectivity index (χ2v) is 7.10. The highest BCUT2D eigenvalue weighted by Crippen LogP contribution is 2.29. The van der Waals surface area contributed by atoms with Crippen molar-refractivity contribution in [3.63, 3.8) is 0 Å². The molecule has 2 aromatic carbocycles. The SMILES string of the molecule is CN(C)S(=O)(=O)c1cccc(-c2cc(O)cc(Cl)c2)c1. The molecule has 2 aromatic rings. The molecule has 0 aliphatic rings. The van der Waals surface area contributed by atoms with E-state index in [0.717, 1.165) is 4.31 Å². The van der Waals surface area contributed by atoms with Gasteiger partial charge >= 0.3 is 0 Å². The zero-order chi connectivity index (χ0) is 14.9. The third-order valence-corrected chi connectivity index (χ3v) is 4.86. The molecule has 0 atom stereocenters. The molecule has 0 bridgehead atoms. The lowest BCUT2D eigenvalue weighted by atomic mass is 10.1. The summed E-state index contributed by atoms with van der Waals surface area (Å²) < 4.78 is 25.4. The first-order valence-electron chi connectivity index (χ1n) is 5.83. The first kappa shape index (κ1) is 14.8. The molecule has 0 saturated carbocycles. The predicted octanol–water partition coefficient (Wildman–Crippen LogP) is 2.96. The standard InChI is InChI=1S/C14H14ClNO3S/c1-16(2)20(18,19)14-5-3-4-10(8-14)11-6-12(15)9-13(17)7-11/h3-9,17H,1-2H3. The number of phenolic OH excluding ortho intramolecular Hbond substituents is 1. The van der Waals surface area contributed by atoms with Crippen LogP contribution in [-0.4, -0.2) is 31.9 Å². The van der Waals surface area contributed by atoms with E-state index in [9.17, 15) is 13.5 Å². The van der Waals surface area contributed by atoms with Gasteiger partial charge in [0.2, 0.25) is 10.0 Å². The van der Waals surface area contributed by atoms with Gasteiger partial charge in [-0.3, -0.25) is 0 Å². The van der Waals surface area contributed by atoms with Gasteiger partial charge in [-0.05, 0) is 41.5 Å². The summed E-state index contributed by atoms with van der Waals surface area (Å²) in [6.45, 7) is 0. The van der Waals surface area contributed by atoms with Crippen LogP contribution in [-0.2, 0) is 10.0 Å². The monoisotopic (exact) mass is 311 g/mol. The molecule has 0 fully saturated rings. The Morgan fingerprint density at radius 1 is 1.05 bits per heavy atom. The summed E-state index contributed by atoms with van der Waals surface area (Å²) in [5, 5.41) is 9.95. The number of nitrogens with zero attached hydrogens (tertiary/aromatic N) is 1. The van der Waals surface area contributed by atoms with Crippen LogP contribution in [0, 0.1) is 0 Å². The second-order valence-electron chi connectivity index (χ2n) is 4.51. The number of halogens is 1. The molecule has 0 saturated heterocycles. The summed E-state index contributed by atoms with van der Waals surface area (Å²) in [6.07, 6.45) is 0. The van der Waals surface area contributed by atoms with E-state index in [1.165, 1.54) is 32.3 Å². The van der Waals surface area contributed by atoms with Crippen molar-refractivity contribution in [1.29, 1.82) is 0 Å². The lowest BCUT2D eigenvalue weighted by Gasteiger charge is -2.12. The third-order valence-electron chi connectivity index (χ3n) is 2.83. The molecule has 6 heteroatoms. The molecule has 2 rings (SSSR count).